The molecule has 0 saturated carbocycles. The topological polar surface area (TPSA) is 62.6 Å². The van der Waals surface area contributed by atoms with Gasteiger partial charge in [0, 0.05) is 12.6 Å². The SMILES string of the molecule is C.C.CCN1Cc2ccccc2CC1CCC(C)(CCCCB1OC(C)(C)C(C)(C)O1)C(C)(C)C.N=C=O. The number of rotatable bonds is 9. The molecule has 5 nitrogen and oxygen atoms in total. The molecule has 6 heteroatoms. The summed E-state index contributed by atoms with van der Waals surface area (Å²) in [5.41, 5.74) is 3.27. The first kappa shape index (κ1) is 36.5. The summed E-state index contributed by atoms with van der Waals surface area (Å²) in [6, 6.07) is 9.71. The molecular formula is C32H59BN2O3. The van der Waals surface area contributed by atoms with Gasteiger partial charge < -0.3 is 9.31 Å². The van der Waals surface area contributed by atoms with Gasteiger partial charge in [0.1, 0.15) is 0 Å². The maximum Gasteiger partial charge on any atom is 0.457 e. The third-order valence-electron chi connectivity index (χ3n) is 9.43. The lowest BCUT2D eigenvalue weighted by Crippen LogP contribution is -2.42. The van der Waals surface area contributed by atoms with E-state index in [0.29, 0.717) is 16.9 Å². The van der Waals surface area contributed by atoms with E-state index in [2.05, 4.69) is 91.5 Å². The van der Waals surface area contributed by atoms with E-state index in [4.69, 9.17) is 19.5 Å². The molecule has 3 rings (SSSR count). The number of likely N-dealkylation sites (N-methyl/N-ethyl adjacent to an activating group) is 1. The first-order valence-electron chi connectivity index (χ1n) is 13.9. The Morgan fingerprint density at radius 3 is 2.03 bits per heavy atom. The minimum absolute atomic E-state index is 0. The van der Waals surface area contributed by atoms with E-state index in [1.54, 1.807) is 5.56 Å². The zero-order valence-electron chi connectivity index (χ0n) is 24.5. The van der Waals surface area contributed by atoms with Gasteiger partial charge in [-0.1, -0.05) is 86.6 Å². The average molecular weight is 531 g/mol. The van der Waals surface area contributed by atoms with Crippen molar-refractivity contribution in [3.8, 4) is 0 Å². The van der Waals surface area contributed by atoms with E-state index < -0.39 is 0 Å². The van der Waals surface area contributed by atoms with Crippen LogP contribution < -0.4 is 0 Å². The van der Waals surface area contributed by atoms with Gasteiger partial charge in [0.2, 0.25) is 6.08 Å². The van der Waals surface area contributed by atoms with Gasteiger partial charge in [-0.3, -0.25) is 4.90 Å². The maximum atomic E-state index is 8.35. The number of benzene rings is 1. The molecule has 1 N–H and O–H groups in total. The van der Waals surface area contributed by atoms with Crippen LogP contribution in [0.3, 0.4) is 0 Å². The summed E-state index contributed by atoms with van der Waals surface area (Å²) in [6.45, 7) is 23.0. The number of carbonyl (C=O) groups excluding carboxylic acids is 1. The largest absolute Gasteiger partial charge is 0.457 e. The normalized spacial score (nSPS) is 21.5. The quantitative estimate of drug-likeness (QED) is 0.150. The number of nitrogens with zero attached hydrogens (tertiary/aromatic N) is 1. The molecule has 2 atom stereocenters. The molecule has 0 aliphatic carbocycles. The Bertz CT molecular complexity index is 858. The van der Waals surface area contributed by atoms with Crippen LogP contribution >= 0.6 is 0 Å². The second-order valence-corrected chi connectivity index (χ2v) is 13.1. The predicted octanol–water partition coefficient (Wildman–Crippen LogP) is 8.70. The van der Waals surface area contributed by atoms with Crippen molar-refractivity contribution in [3.05, 3.63) is 35.4 Å². The molecule has 1 aromatic rings. The van der Waals surface area contributed by atoms with E-state index in [1.807, 2.05) is 0 Å². The van der Waals surface area contributed by atoms with Crippen LogP contribution in [0.1, 0.15) is 120 Å². The third-order valence-corrected chi connectivity index (χ3v) is 9.43. The summed E-state index contributed by atoms with van der Waals surface area (Å²) in [4.78, 5) is 11.0. The van der Waals surface area contributed by atoms with Crippen molar-refractivity contribution in [2.24, 2.45) is 10.8 Å². The van der Waals surface area contributed by atoms with Gasteiger partial charge in [-0.25, -0.2) is 10.2 Å². The Hall–Kier alpha value is -1.46. The second-order valence-electron chi connectivity index (χ2n) is 13.1. The molecule has 1 fully saturated rings. The first-order chi connectivity index (χ1) is 16.7. The van der Waals surface area contributed by atoms with Crippen LogP contribution in [0.5, 0.6) is 0 Å². The van der Waals surface area contributed by atoms with Gasteiger partial charge in [0.15, 0.2) is 0 Å². The number of hydrogen-bond acceptors (Lipinski definition) is 5. The van der Waals surface area contributed by atoms with Gasteiger partial charge in [0.05, 0.1) is 11.2 Å². The molecule has 38 heavy (non-hydrogen) atoms. The highest BCUT2D eigenvalue weighted by Gasteiger charge is 2.50. The molecule has 2 aliphatic rings. The van der Waals surface area contributed by atoms with Crippen LogP contribution in [0, 0.1) is 16.2 Å². The average Bonchev–Trinajstić information content (AvgIpc) is 3.00. The number of isocyanates is 1. The lowest BCUT2D eigenvalue weighted by atomic mass is 9.62. The monoisotopic (exact) mass is 530 g/mol. The van der Waals surface area contributed by atoms with Crippen molar-refractivity contribution in [1.82, 2.24) is 4.90 Å². The molecule has 2 aliphatic heterocycles. The molecule has 2 unspecified atom stereocenters. The van der Waals surface area contributed by atoms with Crippen LogP contribution in [0.25, 0.3) is 0 Å². The van der Waals surface area contributed by atoms with E-state index in [9.17, 15) is 0 Å². The number of hydrogen-bond donors (Lipinski definition) is 1. The molecule has 0 aromatic heterocycles. The molecule has 0 bridgehead atoms. The van der Waals surface area contributed by atoms with Crippen molar-refractivity contribution in [2.45, 2.75) is 146 Å². The maximum absolute atomic E-state index is 8.35. The first-order valence-corrected chi connectivity index (χ1v) is 13.9. The highest BCUT2D eigenvalue weighted by molar-refractivity contribution is 6.45. The summed E-state index contributed by atoms with van der Waals surface area (Å²) in [5, 5.41) is 5.40. The zero-order chi connectivity index (χ0) is 27.2. The second kappa shape index (κ2) is 14.8. The van der Waals surface area contributed by atoms with Gasteiger partial charge in [-0.05, 0) is 88.2 Å². The van der Waals surface area contributed by atoms with Gasteiger partial charge >= 0.3 is 7.12 Å². The lowest BCUT2D eigenvalue weighted by Gasteiger charge is -2.45. The van der Waals surface area contributed by atoms with Crippen molar-refractivity contribution in [1.29, 1.82) is 5.41 Å². The van der Waals surface area contributed by atoms with Crippen LogP contribution in [0.15, 0.2) is 24.3 Å². The highest BCUT2D eigenvalue weighted by Crippen LogP contribution is 2.47. The highest BCUT2D eigenvalue weighted by atomic mass is 16.7. The minimum Gasteiger partial charge on any atom is -0.403 e. The lowest BCUT2D eigenvalue weighted by molar-refractivity contribution is 0.00578. The fourth-order valence-corrected chi connectivity index (χ4v) is 5.57. The fourth-order valence-electron chi connectivity index (χ4n) is 5.57. The van der Waals surface area contributed by atoms with Gasteiger partial charge in [-0.2, -0.15) is 0 Å². The predicted molar refractivity (Wildman–Crippen MR) is 163 cm³/mol. The molecule has 0 amide bonds. The van der Waals surface area contributed by atoms with Crippen LogP contribution in [-0.4, -0.2) is 41.9 Å². The Labute approximate surface area is 236 Å². The fraction of sp³-hybridized carbons (Fsp3) is 0.781. The van der Waals surface area contributed by atoms with Crippen LogP contribution in [0.2, 0.25) is 6.32 Å². The van der Waals surface area contributed by atoms with E-state index in [-0.39, 0.29) is 33.2 Å². The molecule has 1 saturated heterocycles. The molecule has 0 spiro atoms. The van der Waals surface area contributed by atoms with Crippen LogP contribution in [0.4, 0.5) is 0 Å². The van der Waals surface area contributed by atoms with Crippen molar-refractivity contribution >= 4 is 13.2 Å². The Balaban J connectivity index is 0.00000261. The summed E-state index contributed by atoms with van der Waals surface area (Å²) < 4.78 is 12.4. The summed E-state index contributed by atoms with van der Waals surface area (Å²) in [6.07, 6.45) is 9.19. The van der Waals surface area contributed by atoms with Gasteiger partial charge in [-0.15, -0.1) is 0 Å². The van der Waals surface area contributed by atoms with Crippen molar-refractivity contribution in [3.63, 3.8) is 0 Å². The smallest absolute Gasteiger partial charge is 0.403 e. The van der Waals surface area contributed by atoms with E-state index >= 15 is 0 Å². The van der Waals surface area contributed by atoms with Gasteiger partial charge in [0.25, 0.3) is 0 Å². The Kier molecular flexibility index (Phi) is 14.2. The number of nitrogens with one attached hydrogen (secondary N) is 1. The molecule has 0 radical (unpaired) electrons. The minimum atomic E-state index is -0.221. The zero-order valence-corrected chi connectivity index (χ0v) is 24.5. The van der Waals surface area contributed by atoms with Crippen molar-refractivity contribution in [2.75, 3.05) is 6.54 Å². The summed E-state index contributed by atoms with van der Waals surface area (Å²) >= 11 is 0. The van der Waals surface area contributed by atoms with E-state index in [0.717, 1.165) is 25.5 Å². The Morgan fingerprint density at radius 1 is 1.00 bits per heavy atom. The molecule has 218 valence electrons. The molecule has 1 aromatic carbocycles. The molecule has 2 heterocycles. The Morgan fingerprint density at radius 2 is 1.53 bits per heavy atom. The standard InChI is InChI=1S/C29H50BNO2.CHNO.2CH4/c1-10-31-22-24-16-12-11-15-23(24)21-25(31)17-19-29(9,26(2,3)4)18-13-14-20-30-32-27(5,6)28(7,8)33-30;2-1-3;;/h11-12,15-16,25H,10,13-14,17-22H2,1-9H3;2H;2*1H4. The summed E-state index contributed by atoms with van der Waals surface area (Å²) in [7, 11) is -0.0590. The van der Waals surface area contributed by atoms with Crippen molar-refractivity contribution < 1.29 is 14.1 Å². The third kappa shape index (κ3) is 9.05. The number of fused-ring (bicyclic) bond motifs is 1. The van der Waals surface area contributed by atoms with E-state index in [1.165, 1.54) is 44.1 Å². The number of unbranched alkanes of at least 4 members (excludes halogenated alkanes) is 1. The molecular weight excluding hydrogens is 471 g/mol. The summed E-state index contributed by atoms with van der Waals surface area (Å²) in [5.74, 6) is 0. The van der Waals surface area contributed by atoms with Crippen LogP contribution in [-0.2, 0) is 27.1 Å².